The molecule has 0 unspecified atom stereocenters. The second-order valence-electron chi connectivity index (χ2n) is 15.3. The van der Waals surface area contributed by atoms with E-state index in [1.54, 1.807) is 0 Å². The molecule has 0 N–H and O–H groups in total. The Hall–Kier alpha value is 0.110. The molecule has 0 aliphatic rings. The van der Waals surface area contributed by atoms with E-state index >= 15 is 0 Å². The minimum atomic E-state index is -3.46. The molecule has 0 atom stereocenters. The minimum Gasteiger partial charge on any atom is -0.287 e. The predicted molar refractivity (Wildman–Crippen MR) is 218 cm³/mol. The molecule has 0 rings (SSSR count). The molecule has 0 aromatic rings. The Morgan fingerprint density at radius 1 is 0.245 bits per heavy atom. The van der Waals surface area contributed by atoms with Crippen LogP contribution in [0.2, 0.25) is 0 Å². The fourth-order valence-corrected chi connectivity index (χ4v) is 8.11. The van der Waals surface area contributed by atoms with Crippen LogP contribution in [0.25, 0.3) is 0 Å². The van der Waals surface area contributed by atoms with Crippen molar-refractivity contribution >= 4 is 7.82 Å². The second kappa shape index (κ2) is 42.5. The highest BCUT2D eigenvalue weighted by atomic mass is 31.2. The van der Waals surface area contributed by atoms with Crippen molar-refractivity contribution in [3.8, 4) is 0 Å². The van der Waals surface area contributed by atoms with Crippen LogP contribution in [-0.2, 0) is 18.1 Å². The summed E-state index contributed by atoms with van der Waals surface area (Å²) < 4.78 is 30.9. The Morgan fingerprint density at radius 2 is 0.388 bits per heavy atom. The monoisotopic (exact) mass is 715 g/mol. The van der Waals surface area contributed by atoms with Crippen molar-refractivity contribution in [3.63, 3.8) is 0 Å². The number of hydrogen-bond donors (Lipinski definition) is 0. The van der Waals surface area contributed by atoms with Crippen LogP contribution in [0.1, 0.15) is 265 Å². The van der Waals surface area contributed by atoms with E-state index in [1.807, 2.05) is 0 Å². The van der Waals surface area contributed by atoms with E-state index in [0.717, 1.165) is 38.5 Å². The summed E-state index contributed by atoms with van der Waals surface area (Å²) in [6.45, 7) is 8.26. The molecule has 0 aliphatic carbocycles. The van der Waals surface area contributed by atoms with Crippen molar-refractivity contribution in [3.05, 3.63) is 0 Å². The predicted octanol–water partition coefficient (Wildman–Crippen LogP) is 17.0. The molecule has 0 bridgehead atoms. The van der Waals surface area contributed by atoms with E-state index in [0.29, 0.717) is 19.8 Å². The molecule has 0 aromatic carbocycles. The largest absolute Gasteiger partial charge is 0.474 e. The summed E-state index contributed by atoms with van der Waals surface area (Å²) in [5.74, 6) is 0. The Balaban J connectivity index is 3.89. The number of phosphoric ester groups is 1. The van der Waals surface area contributed by atoms with E-state index in [4.69, 9.17) is 13.6 Å². The van der Waals surface area contributed by atoms with Gasteiger partial charge in [-0.15, -0.1) is 0 Å². The number of unbranched alkanes of at least 4 members (excludes halogenated alkanes) is 35. The second-order valence-corrected chi connectivity index (χ2v) is 17.0. The quantitative estimate of drug-likeness (QED) is 0.0465. The van der Waals surface area contributed by atoms with Crippen molar-refractivity contribution in [2.24, 2.45) is 0 Å². The van der Waals surface area contributed by atoms with Gasteiger partial charge in [-0.2, -0.15) is 0 Å². The van der Waals surface area contributed by atoms with Gasteiger partial charge in [0.25, 0.3) is 0 Å². The average Bonchev–Trinajstić information content (AvgIpc) is 3.10. The van der Waals surface area contributed by atoms with Crippen LogP contribution in [0, 0.1) is 0 Å². The molecule has 5 heteroatoms. The van der Waals surface area contributed by atoms with Crippen molar-refractivity contribution in [2.45, 2.75) is 265 Å². The molecule has 0 amide bonds. The van der Waals surface area contributed by atoms with Crippen LogP contribution >= 0.6 is 7.82 Å². The molecule has 0 saturated carbocycles. The third kappa shape index (κ3) is 40.7. The molecule has 0 radical (unpaired) electrons. The van der Waals surface area contributed by atoms with E-state index < -0.39 is 7.82 Å². The highest BCUT2D eigenvalue weighted by Crippen LogP contribution is 2.50. The molecule has 49 heavy (non-hydrogen) atoms. The van der Waals surface area contributed by atoms with Gasteiger partial charge in [0, 0.05) is 0 Å². The number of rotatable bonds is 44. The highest BCUT2D eigenvalue weighted by Gasteiger charge is 2.26. The van der Waals surface area contributed by atoms with Gasteiger partial charge in [-0.1, -0.05) is 245 Å². The van der Waals surface area contributed by atoms with Gasteiger partial charge >= 0.3 is 7.82 Å². The third-order valence-corrected chi connectivity index (χ3v) is 11.7. The Bertz CT molecular complexity index is 600. The van der Waals surface area contributed by atoms with Gasteiger partial charge in [-0.05, 0) is 19.3 Å². The third-order valence-electron chi connectivity index (χ3n) is 10.2. The normalized spacial score (nSPS) is 12.0. The Morgan fingerprint density at radius 3 is 0.551 bits per heavy atom. The van der Waals surface area contributed by atoms with Crippen LogP contribution < -0.4 is 0 Å². The molecule has 0 aromatic heterocycles. The maximum absolute atomic E-state index is 13.4. The van der Waals surface area contributed by atoms with Crippen molar-refractivity contribution in [1.29, 1.82) is 0 Å². The summed E-state index contributed by atoms with van der Waals surface area (Å²) in [5, 5.41) is 0. The summed E-state index contributed by atoms with van der Waals surface area (Å²) in [5.41, 5.74) is 0. The summed E-state index contributed by atoms with van der Waals surface area (Å²) in [6.07, 6.45) is 50.1. The van der Waals surface area contributed by atoms with Crippen molar-refractivity contribution in [2.75, 3.05) is 19.8 Å². The first kappa shape index (κ1) is 49.1. The molecule has 0 fully saturated rings. The molecular weight excluding hydrogens is 623 g/mol. The zero-order valence-electron chi connectivity index (χ0n) is 34.1. The summed E-state index contributed by atoms with van der Waals surface area (Å²) in [4.78, 5) is 0. The standard InChI is InChI=1S/C44H91O4P/c1-4-7-10-13-16-18-20-22-24-26-28-30-32-34-37-40-43-47-49(45,46-42-39-36-15-12-9-6-3)48-44-41-38-35-33-31-29-27-25-23-21-19-17-14-11-8-5-2/h4-44H2,1-3H3. The van der Waals surface area contributed by atoms with Crippen LogP contribution in [-0.4, -0.2) is 19.8 Å². The lowest BCUT2D eigenvalue weighted by atomic mass is 10.0. The summed E-state index contributed by atoms with van der Waals surface area (Å²) in [7, 11) is -3.46. The molecular formula is C44H91O4P. The lowest BCUT2D eigenvalue weighted by molar-refractivity contribution is 0.108. The Labute approximate surface area is 309 Å². The first-order valence-corrected chi connectivity index (χ1v) is 24.2. The zero-order chi connectivity index (χ0) is 35.6. The SMILES string of the molecule is CCCCCCCCCCCCCCCCCCOP(=O)(OCCCCCCCC)OCCCCCCCCCCCCCCCCCC. The van der Waals surface area contributed by atoms with E-state index in [9.17, 15) is 4.57 Å². The minimum absolute atomic E-state index is 0.474. The lowest BCUT2D eigenvalue weighted by Crippen LogP contribution is -2.04. The van der Waals surface area contributed by atoms with Gasteiger partial charge in [0.2, 0.25) is 0 Å². The smallest absolute Gasteiger partial charge is 0.287 e. The fraction of sp³-hybridized carbons (Fsp3) is 1.00. The van der Waals surface area contributed by atoms with E-state index in [-0.39, 0.29) is 0 Å². The molecule has 4 nitrogen and oxygen atoms in total. The van der Waals surface area contributed by atoms with Gasteiger partial charge in [0.15, 0.2) is 0 Å². The zero-order valence-corrected chi connectivity index (χ0v) is 35.0. The average molecular weight is 715 g/mol. The maximum atomic E-state index is 13.4. The van der Waals surface area contributed by atoms with Crippen molar-refractivity contribution in [1.82, 2.24) is 0 Å². The van der Waals surface area contributed by atoms with E-state index in [2.05, 4.69) is 20.8 Å². The summed E-state index contributed by atoms with van der Waals surface area (Å²) >= 11 is 0. The summed E-state index contributed by atoms with van der Waals surface area (Å²) in [6, 6.07) is 0. The molecule has 296 valence electrons. The van der Waals surface area contributed by atoms with Crippen LogP contribution in [0.4, 0.5) is 0 Å². The maximum Gasteiger partial charge on any atom is 0.474 e. The topological polar surface area (TPSA) is 44.8 Å². The van der Waals surface area contributed by atoms with Gasteiger partial charge in [0.05, 0.1) is 19.8 Å². The van der Waals surface area contributed by atoms with E-state index in [1.165, 1.54) is 205 Å². The highest BCUT2D eigenvalue weighted by molar-refractivity contribution is 7.48. The van der Waals surface area contributed by atoms with Crippen LogP contribution in [0.15, 0.2) is 0 Å². The molecule has 0 saturated heterocycles. The number of phosphoric acid groups is 1. The molecule has 0 spiro atoms. The van der Waals surface area contributed by atoms with Crippen LogP contribution in [0.3, 0.4) is 0 Å². The van der Waals surface area contributed by atoms with Gasteiger partial charge in [-0.3, -0.25) is 13.6 Å². The lowest BCUT2D eigenvalue weighted by Gasteiger charge is -2.18. The van der Waals surface area contributed by atoms with Gasteiger partial charge in [-0.25, -0.2) is 4.57 Å². The van der Waals surface area contributed by atoms with Crippen molar-refractivity contribution < 1.29 is 18.1 Å². The molecule has 0 heterocycles. The first-order valence-electron chi connectivity index (χ1n) is 22.7. The molecule has 0 aliphatic heterocycles. The number of hydrogen-bond acceptors (Lipinski definition) is 4. The van der Waals surface area contributed by atoms with Crippen LogP contribution in [0.5, 0.6) is 0 Å². The first-order chi connectivity index (χ1) is 24.2. The van der Waals surface area contributed by atoms with Gasteiger partial charge in [0.1, 0.15) is 0 Å². The van der Waals surface area contributed by atoms with Gasteiger partial charge < -0.3 is 0 Å². The Kier molecular flexibility index (Phi) is 42.6. The fourth-order valence-electron chi connectivity index (χ4n) is 6.82.